The van der Waals surface area contributed by atoms with Gasteiger partial charge in [-0.1, -0.05) is 29.8 Å². The maximum absolute atomic E-state index is 12.2. The summed E-state index contributed by atoms with van der Waals surface area (Å²) in [7, 11) is 0. The minimum atomic E-state index is -1.11. The van der Waals surface area contributed by atoms with E-state index in [1.165, 1.54) is 0 Å². The highest BCUT2D eigenvalue weighted by Gasteiger charge is 2.25. The Morgan fingerprint density at radius 1 is 1.18 bits per heavy atom. The van der Waals surface area contributed by atoms with Crippen molar-refractivity contribution < 1.29 is 24.2 Å². The number of amidine groups is 1. The molecule has 9 heteroatoms. The number of nitrogens with zero attached hydrogens (tertiary/aromatic N) is 1. The van der Waals surface area contributed by atoms with Crippen LogP contribution in [0.25, 0.3) is 6.08 Å². The normalized spacial score (nSPS) is 16.2. The van der Waals surface area contributed by atoms with Crippen molar-refractivity contribution in [1.82, 2.24) is 5.32 Å². The molecule has 2 N–H and O–H groups in total. The first-order valence-electron chi connectivity index (χ1n) is 7.95. The number of aliphatic imine (C=N–C) groups is 1. The summed E-state index contributed by atoms with van der Waals surface area (Å²) in [6.45, 7) is -0.498. The zero-order valence-corrected chi connectivity index (χ0v) is 15.8. The Morgan fingerprint density at radius 3 is 2.61 bits per heavy atom. The van der Waals surface area contributed by atoms with Crippen molar-refractivity contribution in [2.24, 2.45) is 4.99 Å². The van der Waals surface area contributed by atoms with E-state index in [2.05, 4.69) is 10.3 Å². The standard InChI is InChI=1S/C19H13ClN2O5S/c20-13-7-5-11(6-8-13)17(25)21-19-22-18(26)15(28-19)9-12-3-1-2-4-14(12)27-10-16(23)24/h1-9H,10H2,(H,23,24)(H,21,22,25,26)/b15-9-. The molecule has 1 aliphatic heterocycles. The molecule has 2 amide bonds. The molecule has 1 fully saturated rings. The van der Waals surface area contributed by atoms with Crippen LogP contribution in [0.15, 0.2) is 58.4 Å². The summed E-state index contributed by atoms with van der Waals surface area (Å²) in [5, 5.41) is 11.9. The Balaban J connectivity index is 1.78. The maximum Gasteiger partial charge on any atom is 0.341 e. The van der Waals surface area contributed by atoms with Crippen LogP contribution in [0.3, 0.4) is 0 Å². The van der Waals surface area contributed by atoms with Crippen LogP contribution in [-0.4, -0.2) is 34.7 Å². The molecule has 1 heterocycles. The number of benzene rings is 2. The number of carboxylic acid groups (broad SMARTS) is 1. The highest BCUT2D eigenvalue weighted by molar-refractivity contribution is 8.18. The van der Waals surface area contributed by atoms with Gasteiger partial charge in [0.1, 0.15) is 5.75 Å². The van der Waals surface area contributed by atoms with E-state index in [1.54, 1.807) is 54.6 Å². The van der Waals surface area contributed by atoms with Gasteiger partial charge >= 0.3 is 5.97 Å². The minimum Gasteiger partial charge on any atom is -0.481 e. The van der Waals surface area contributed by atoms with E-state index in [0.29, 0.717) is 26.8 Å². The molecule has 0 unspecified atom stereocenters. The molecule has 0 saturated carbocycles. The monoisotopic (exact) mass is 416 g/mol. The van der Waals surface area contributed by atoms with E-state index in [1.807, 2.05) is 0 Å². The number of aliphatic carboxylic acids is 1. The Labute approximate surface area is 169 Å². The number of carboxylic acids is 1. The predicted octanol–water partition coefficient (Wildman–Crippen LogP) is 3.20. The van der Waals surface area contributed by atoms with Crippen LogP contribution >= 0.6 is 23.4 Å². The third-order valence-electron chi connectivity index (χ3n) is 3.50. The largest absolute Gasteiger partial charge is 0.481 e. The molecule has 0 spiro atoms. The summed E-state index contributed by atoms with van der Waals surface area (Å²) in [4.78, 5) is 39.3. The molecule has 0 radical (unpaired) electrons. The number of thioether (sulfide) groups is 1. The summed E-state index contributed by atoms with van der Waals surface area (Å²) < 4.78 is 5.22. The van der Waals surface area contributed by atoms with E-state index in [4.69, 9.17) is 21.4 Å². The number of amides is 2. The number of nitrogens with one attached hydrogen (secondary N) is 1. The smallest absolute Gasteiger partial charge is 0.341 e. The molecule has 1 saturated heterocycles. The van der Waals surface area contributed by atoms with Gasteiger partial charge in [0.15, 0.2) is 11.8 Å². The first-order valence-corrected chi connectivity index (χ1v) is 9.15. The van der Waals surface area contributed by atoms with Gasteiger partial charge in [0.25, 0.3) is 11.8 Å². The number of rotatable bonds is 5. The topological polar surface area (TPSA) is 105 Å². The van der Waals surface area contributed by atoms with E-state index in [9.17, 15) is 14.4 Å². The molecule has 0 aliphatic carbocycles. The van der Waals surface area contributed by atoms with E-state index < -0.39 is 24.4 Å². The lowest BCUT2D eigenvalue weighted by Crippen LogP contribution is -2.20. The minimum absolute atomic E-state index is 0.153. The molecule has 28 heavy (non-hydrogen) atoms. The molecule has 7 nitrogen and oxygen atoms in total. The van der Waals surface area contributed by atoms with Crippen molar-refractivity contribution in [2.75, 3.05) is 6.61 Å². The van der Waals surface area contributed by atoms with Crippen LogP contribution in [0.4, 0.5) is 0 Å². The third kappa shape index (κ3) is 4.99. The maximum atomic E-state index is 12.2. The van der Waals surface area contributed by atoms with E-state index in [-0.39, 0.29) is 5.17 Å². The molecule has 142 valence electrons. The average molecular weight is 417 g/mol. The summed E-state index contributed by atoms with van der Waals surface area (Å²) in [6.07, 6.45) is 1.55. The summed E-state index contributed by atoms with van der Waals surface area (Å²) in [6, 6.07) is 13.0. The first-order chi connectivity index (χ1) is 13.4. The van der Waals surface area contributed by atoms with Crippen molar-refractivity contribution in [3.05, 3.63) is 69.6 Å². The molecule has 2 aromatic carbocycles. The molecular weight excluding hydrogens is 404 g/mol. The molecule has 2 aromatic rings. The van der Waals surface area contributed by atoms with Crippen molar-refractivity contribution in [3.8, 4) is 5.75 Å². The number of para-hydroxylation sites is 1. The zero-order chi connectivity index (χ0) is 20.1. The highest BCUT2D eigenvalue weighted by Crippen LogP contribution is 2.29. The Hall–Kier alpha value is -3.10. The molecule has 1 aliphatic rings. The molecule has 3 rings (SSSR count). The lowest BCUT2D eigenvalue weighted by atomic mass is 10.2. The first kappa shape index (κ1) is 19.7. The Morgan fingerprint density at radius 2 is 1.89 bits per heavy atom. The van der Waals surface area contributed by atoms with Crippen LogP contribution in [0.1, 0.15) is 15.9 Å². The van der Waals surface area contributed by atoms with Gasteiger partial charge in [-0.3, -0.25) is 9.59 Å². The zero-order valence-electron chi connectivity index (χ0n) is 14.2. The predicted molar refractivity (Wildman–Crippen MR) is 107 cm³/mol. The van der Waals surface area contributed by atoms with Gasteiger partial charge in [-0.2, -0.15) is 4.99 Å². The van der Waals surface area contributed by atoms with Gasteiger partial charge in [0, 0.05) is 16.1 Å². The lowest BCUT2D eigenvalue weighted by Gasteiger charge is -2.06. The van der Waals surface area contributed by atoms with Crippen molar-refractivity contribution in [2.45, 2.75) is 0 Å². The van der Waals surface area contributed by atoms with Crippen molar-refractivity contribution >= 4 is 52.4 Å². The van der Waals surface area contributed by atoms with Crippen LogP contribution in [0.2, 0.25) is 5.02 Å². The molecule has 0 atom stereocenters. The second-order valence-electron chi connectivity index (χ2n) is 5.51. The molecular formula is C19H13ClN2O5S. The Kier molecular flexibility index (Phi) is 6.13. The van der Waals surface area contributed by atoms with E-state index >= 15 is 0 Å². The van der Waals surface area contributed by atoms with Crippen LogP contribution in [0, 0.1) is 0 Å². The number of halogens is 1. The van der Waals surface area contributed by atoms with E-state index in [0.717, 1.165) is 11.8 Å². The quantitative estimate of drug-likeness (QED) is 0.725. The van der Waals surface area contributed by atoms with Crippen LogP contribution < -0.4 is 10.1 Å². The number of hydrogen-bond acceptors (Lipinski definition) is 5. The van der Waals surface area contributed by atoms with Gasteiger partial charge in [0.2, 0.25) is 0 Å². The Bertz CT molecular complexity index is 1000. The average Bonchev–Trinajstić information content (AvgIpc) is 3.00. The van der Waals surface area contributed by atoms with Gasteiger partial charge in [-0.25, -0.2) is 4.79 Å². The number of carbonyl (C=O) groups excluding carboxylic acids is 2. The lowest BCUT2D eigenvalue weighted by molar-refractivity contribution is -0.139. The molecule has 0 aromatic heterocycles. The van der Waals surface area contributed by atoms with Gasteiger partial charge in [0.05, 0.1) is 4.91 Å². The van der Waals surface area contributed by atoms with Gasteiger partial charge in [-0.15, -0.1) is 0 Å². The van der Waals surface area contributed by atoms with Gasteiger partial charge < -0.3 is 15.2 Å². The van der Waals surface area contributed by atoms with Gasteiger partial charge in [-0.05, 0) is 48.2 Å². The second kappa shape index (κ2) is 8.73. The fourth-order valence-corrected chi connectivity index (χ4v) is 3.18. The summed E-state index contributed by atoms with van der Waals surface area (Å²) >= 11 is 6.80. The molecule has 0 bridgehead atoms. The fraction of sp³-hybridized carbons (Fsp3) is 0.0526. The number of ether oxygens (including phenoxy) is 1. The van der Waals surface area contributed by atoms with Crippen LogP contribution in [0.5, 0.6) is 5.75 Å². The number of carbonyl (C=O) groups is 3. The third-order valence-corrected chi connectivity index (χ3v) is 4.66. The SMILES string of the molecule is O=C(O)COc1ccccc1/C=C1\SC(=NC(=O)c2ccc(Cl)cc2)NC1=O. The van der Waals surface area contributed by atoms with Crippen LogP contribution in [-0.2, 0) is 9.59 Å². The van der Waals surface area contributed by atoms with Crippen molar-refractivity contribution in [3.63, 3.8) is 0 Å². The fourth-order valence-electron chi connectivity index (χ4n) is 2.24. The summed E-state index contributed by atoms with van der Waals surface area (Å²) in [5.41, 5.74) is 0.878. The highest BCUT2D eigenvalue weighted by atomic mass is 35.5. The summed E-state index contributed by atoms with van der Waals surface area (Å²) in [5.74, 6) is -1.70. The van der Waals surface area contributed by atoms with Crippen molar-refractivity contribution in [1.29, 1.82) is 0 Å². The second-order valence-corrected chi connectivity index (χ2v) is 6.98. The number of hydrogen-bond donors (Lipinski definition) is 2.